The summed E-state index contributed by atoms with van der Waals surface area (Å²) in [6.45, 7) is 1.85. The van der Waals surface area contributed by atoms with Crippen molar-refractivity contribution >= 4 is 5.69 Å². The normalized spacial score (nSPS) is 13.3. The zero-order chi connectivity index (χ0) is 14.0. The number of hydrogen-bond donors (Lipinski definition) is 1. The first-order valence-electron chi connectivity index (χ1n) is 5.79. The monoisotopic (exact) mass is 269 g/mol. The molecule has 6 heteroatoms. The van der Waals surface area contributed by atoms with E-state index in [1.807, 2.05) is 18.5 Å². The van der Waals surface area contributed by atoms with Crippen molar-refractivity contribution in [1.29, 1.82) is 0 Å². The number of imidazole rings is 1. The van der Waals surface area contributed by atoms with Gasteiger partial charge >= 0.3 is 6.18 Å². The van der Waals surface area contributed by atoms with Gasteiger partial charge in [0.15, 0.2) is 0 Å². The Morgan fingerprint density at radius 1 is 1.32 bits per heavy atom. The van der Waals surface area contributed by atoms with Crippen LogP contribution in [0.5, 0.6) is 0 Å². The summed E-state index contributed by atoms with van der Waals surface area (Å²) in [7, 11) is 1.84. The number of aryl methyl sites for hydroxylation is 1. The second-order valence-corrected chi connectivity index (χ2v) is 4.34. The third kappa shape index (κ3) is 3.07. The summed E-state index contributed by atoms with van der Waals surface area (Å²) >= 11 is 0. The van der Waals surface area contributed by atoms with Gasteiger partial charge in [-0.05, 0) is 25.1 Å². The Morgan fingerprint density at radius 2 is 2.05 bits per heavy atom. The Kier molecular flexibility index (Phi) is 3.50. The Morgan fingerprint density at radius 3 is 2.63 bits per heavy atom. The first-order chi connectivity index (χ1) is 8.88. The molecule has 0 radical (unpaired) electrons. The van der Waals surface area contributed by atoms with Gasteiger partial charge in [-0.2, -0.15) is 13.2 Å². The van der Waals surface area contributed by atoms with Crippen LogP contribution in [0.3, 0.4) is 0 Å². The number of nitrogens with zero attached hydrogens (tertiary/aromatic N) is 2. The molecule has 0 amide bonds. The van der Waals surface area contributed by atoms with E-state index in [9.17, 15) is 13.2 Å². The number of nitrogens with one attached hydrogen (secondary N) is 1. The zero-order valence-corrected chi connectivity index (χ0v) is 10.6. The molecule has 3 nitrogen and oxygen atoms in total. The summed E-state index contributed by atoms with van der Waals surface area (Å²) in [4.78, 5) is 4.16. The van der Waals surface area contributed by atoms with Gasteiger partial charge in [-0.25, -0.2) is 4.98 Å². The van der Waals surface area contributed by atoms with Crippen LogP contribution in [0.4, 0.5) is 18.9 Å². The Bertz CT molecular complexity index is 560. The molecule has 1 heterocycles. The molecule has 19 heavy (non-hydrogen) atoms. The van der Waals surface area contributed by atoms with E-state index in [1.165, 1.54) is 6.07 Å². The highest BCUT2D eigenvalue weighted by Crippen LogP contribution is 2.31. The highest BCUT2D eigenvalue weighted by Gasteiger charge is 2.30. The molecular formula is C13H14F3N3. The van der Waals surface area contributed by atoms with Crippen molar-refractivity contribution in [3.05, 3.63) is 48.0 Å². The molecule has 0 aliphatic heterocycles. The lowest BCUT2D eigenvalue weighted by Crippen LogP contribution is -2.12. The Balaban J connectivity index is 2.18. The summed E-state index contributed by atoms with van der Waals surface area (Å²) in [5.74, 6) is 0.761. The third-order valence-corrected chi connectivity index (χ3v) is 2.82. The van der Waals surface area contributed by atoms with E-state index in [2.05, 4.69) is 10.3 Å². The molecule has 1 N–H and O–H groups in total. The molecule has 1 atom stereocenters. The topological polar surface area (TPSA) is 29.9 Å². The van der Waals surface area contributed by atoms with Gasteiger partial charge in [-0.3, -0.25) is 0 Å². The summed E-state index contributed by atoms with van der Waals surface area (Å²) in [6.07, 6.45) is -0.885. The second-order valence-electron chi connectivity index (χ2n) is 4.34. The fraction of sp³-hybridized carbons (Fsp3) is 0.308. The lowest BCUT2D eigenvalue weighted by molar-refractivity contribution is -0.137. The van der Waals surface area contributed by atoms with Crippen molar-refractivity contribution < 1.29 is 13.2 Å². The van der Waals surface area contributed by atoms with Crippen LogP contribution in [0.15, 0.2) is 36.7 Å². The number of rotatable bonds is 3. The predicted octanol–water partition coefficient (Wildman–Crippen LogP) is 3.61. The fourth-order valence-corrected chi connectivity index (χ4v) is 1.89. The minimum absolute atomic E-state index is 0.177. The van der Waals surface area contributed by atoms with Crippen molar-refractivity contribution in [2.24, 2.45) is 7.05 Å². The molecule has 0 aliphatic carbocycles. The summed E-state index contributed by atoms with van der Waals surface area (Å²) in [5.41, 5.74) is -0.241. The lowest BCUT2D eigenvalue weighted by Gasteiger charge is -2.16. The van der Waals surface area contributed by atoms with Gasteiger partial charge < -0.3 is 9.88 Å². The zero-order valence-electron chi connectivity index (χ0n) is 10.6. The second kappa shape index (κ2) is 4.95. The van der Waals surface area contributed by atoms with Crippen LogP contribution in [-0.2, 0) is 13.2 Å². The van der Waals surface area contributed by atoms with E-state index >= 15 is 0 Å². The molecule has 0 fully saturated rings. The Labute approximate surface area is 109 Å². The molecule has 1 aromatic carbocycles. The Hall–Kier alpha value is -1.98. The van der Waals surface area contributed by atoms with Crippen LogP contribution in [0, 0.1) is 0 Å². The number of benzene rings is 1. The van der Waals surface area contributed by atoms with Crippen LogP contribution in [-0.4, -0.2) is 9.55 Å². The molecule has 0 spiro atoms. The summed E-state index contributed by atoms with van der Waals surface area (Å²) in [5, 5.41) is 3.01. The van der Waals surface area contributed by atoms with Gasteiger partial charge in [0, 0.05) is 25.1 Å². The van der Waals surface area contributed by atoms with Crippen molar-refractivity contribution in [3.63, 3.8) is 0 Å². The molecule has 0 bridgehead atoms. The maximum absolute atomic E-state index is 12.6. The SMILES string of the molecule is CC(Nc1cccc(C(F)(F)F)c1)c1nccn1C. The van der Waals surface area contributed by atoms with E-state index in [4.69, 9.17) is 0 Å². The van der Waals surface area contributed by atoms with E-state index in [0.29, 0.717) is 5.69 Å². The van der Waals surface area contributed by atoms with Gasteiger partial charge in [0.25, 0.3) is 0 Å². The number of anilines is 1. The smallest absolute Gasteiger partial charge is 0.375 e. The molecule has 2 aromatic rings. The van der Waals surface area contributed by atoms with E-state index in [-0.39, 0.29) is 6.04 Å². The van der Waals surface area contributed by atoms with E-state index < -0.39 is 11.7 Å². The van der Waals surface area contributed by atoms with Crippen LogP contribution in [0.2, 0.25) is 0 Å². The average molecular weight is 269 g/mol. The first-order valence-corrected chi connectivity index (χ1v) is 5.79. The number of halogens is 3. The molecule has 1 unspecified atom stereocenters. The number of alkyl halides is 3. The largest absolute Gasteiger partial charge is 0.416 e. The summed E-state index contributed by atoms with van der Waals surface area (Å²) in [6, 6.07) is 4.96. The van der Waals surface area contributed by atoms with Crippen LogP contribution < -0.4 is 5.32 Å². The van der Waals surface area contributed by atoms with Crippen LogP contribution >= 0.6 is 0 Å². The van der Waals surface area contributed by atoms with Gasteiger partial charge in [0.05, 0.1) is 11.6 Å². The minimum atomic E-state index is -4.33. The van der Waals surface area contributed by atoms with Gasteiger partial charge in [0.1, 0.15) is 5.82 Å². The molecule has 2 rings (SSSR count). The molecule has 102 valence electrons. The molecular weight excluding hydrogens is 255 g/mol. The summed E-state index contributed by atoms with van der Waals surface area (Å²) < 4.78 is 39.6. The predicted molar refractivity (Wildman–Crippen MR) is 66.7 cm³/mol. The van der Waals surface area contributed by atoms with Crippen molar-refractivity contribution in [3.8, 4) is 0 Å². The number of aromatic nitrogens is 2. The molecule has 0 aliphatic rings. The maximum atomic E-state index is 12.6. The minimum Gasteiger partial charge on any atom is -0.375 e. The molecule has 1 aromatic heterocycles. The van der Waals surface area contributed by atoms with Gasteiger partial charge in [0.2, 0.25) is 0 Å². The molecule has 0 saturated heterocycles. The first kappa shape index (κ1) is 13.5. The average Bonchev–Trinajstić information content (AvgIpc) is 2.75. The highest BCUT2D eigenvalue weighted by molar-refractivity contribution is 5.47. The maximum Gasteiger partial charge on any atom is 0.416 e. The van der Waals surface area contributed by atoms with Gasteiger partial charge in [-0.15, -0.1) is 0 Å². The fourth-order valence-electron chi connectivity index (χ4n) is 1.89. The third-order valence-electron chi connectivity index (χ3n) is 2.82. The van der Waals surface area contributed by atoms with Crippen molar-refractivity contribution in [2.45, 2.75) is 19.1 Å². The molecule has 0 saturated carbocycles. The lowest BCUT2D eigenvalue weighted by atomic mass is 10.2. The van der Waals surface area contributed by atoms with Crippen molar-refractivity contribution in [2.75, 3.05) is 5.32 Å². The van der Waals surface area contributed by atoms with E-state index in [0.717, 1.165) is 18.0 Å². The quantitative estimate of drug-likeness (QED) is 0.922. The highest BCUT2D eigenvalue weighted by atomic mass is 19.4. The van der Waals surface area contributed by atoms with Crippen molar-refractivity contribution in [1.82, 2.24) is 9.55 Å². The van der Waals surface area contributed by atoms with Gasteiger partial charge in [-0.1, -0.05) is 6.07 Å². The standard InChI is InChI=1S/C13H14F3N3/c1-9(12-17-6-7-19(12)2)18-11-5-3-4-10(8-11)13(14,15)16/h3-9,18H,1-2H3. The van der Waals surface area contributed by atoms with Crippen LogP contribution in [0.25, 0.3) is 0 Å². The number of hydrogen-bond acceptors (Lipinski definition) is 2. The van der Waals surface area contributed by atoms with E-state index in [1.54, 1.807) is 18.5 Å². The van der Waals surface area contributed by atoms with Crippen LogP contribution in [0.1, 0.15) is 24.4 Å².